The number of fused-ring (bicyclic) bond motifs is 1. The molecule has 0 radical (unpaired) electrons. The molecule has 1 saturated carbocycles. The summed E-state index contributed by atoms with van der Waals surface area (Å²) in [6.07, 6.45) is 2.92. The molecule has 1 saturated heterocycles. The maximum absolute atomic E-state index is 12.6. The van der Waals surface area contributed by atoms with Crippen LogP contribution in [0.1, 0.15) is 24.8 Å². The molecular weight excluding hydrogens is 542 g/mol. The largest absolute Gasteiger partial charge is 0.473 e. The molecule has 12 heteroatoms. The van der Waals surface area contributed by atoms with Gasteiger partial charge in [-0.2, -0.15) is 4.98 Å². The van der Waals surface area contributed by atoms with E-state index in [1.54, 1.807) is 12.1 Å². The van der Waals surface area contributed by atoms with Gasteiger partial charge in [-0.25, -0.2) is 23.5 Å². The van der Waals surface area contributed by atoms with Gasteiger partial charge in [-0.3, -0.25) is 4.79 Å². The molecular formula is C29H31N7O4S. The van der Waals surface area contributed by atoms with Crippen LogP contribution in [0.5, 0.6) is 5.88 Å². The molecule has 4 aromatic rings. The van der Waals surface area contributed by atoms with Crippen molar-refractivity contribution in [1.29, 1.82) is 0 Å². The van der Waals surface area contributed by atoms with Gasteiger partial charge in [0.15, 0.2) is 5.52 Å². The molecule has 41 heavy (non-hydrogen) atoms. The molecule has 1 aliphatic carbocycles. The summed E-state index contributed by atoms with van der Waals surface area (Å²) < 4.78 is 29.1. The lowest BCUT2D eigenvalue weighted by Crippen LogP contribution is -2.25. The smallest absolute Gasteiger partial charge is 0.245 e. The number of carbonyl (C=O) groups is 1. The first-order valence-electron chi connectivity index (χ1n) is 13.5. The van der Waals surface area contributed by atoms with Crippen molar-refractivity contribution in [1.82, 2.24) is 19.9 Å². The summed E-state index contributed by atoms with van der Waals surface area (Å²) in [5.41, 5.74) is 4.44. The zero-order valence-electron chi connectivity index (χ0n) is 22.6. The lowest BCUT2D eigenvalue weighted by Gasteiger charge is -2.13. The maximum atomic E-state index is 12.6. The second-order valence-electron chi connectivity index (χ2n) is 10.6. The van der Waals surface area contributed by atoms with Crippen LogP contribution in [-0.2, 0) is 21.4 Å². The molecule has 11 nitrogen and oxygen atoms in total. The number of primary sulfonamides is 1. The van der Waals surface area contributed by atoms with Gasteiger partial charge in [0.2, 0.25) is 27.8 Å². The third-order valence-corrected chi connectivity index (χ3v) is 8.16. The Morgan fingerprint density at radius 1 is 1.00 bits per heavy atom. The van der Waals surface area contributed by atoms with Crippen LogP contribution in [0.25, 0.3) is 22.3 Å². The Bertz CT molecular complexity index is 1690. The molecule has 1 amide bonds. The van der Waals surface area contributed by atoms with E-state index in [1.807, 2.05) is 43.4 Å². The summed E-state index contributed by atoms with van der Waals surface area (Å²) >= 11 is 0. The van der Waals surface area contributed by atoms with Gasteiger partial charge in [0.25, 0.3) is 0 Å². The van der Waals surface area contributed by atoms with Crippen LogP contribution in [0.15, 0.2) is 65.6 Å². The Labute approximate surface area is 238 Å². The quantitative estimate of drug-likeness (QED) is 0.274. The third kappa shape index (κ3) is 6.45. The minimum Gasteiger partial charge on any atom is -0.473 e. The van der Waals surface area contributed by atoms with Gasteiger partial charge < -0.3 is 20.3 Å². The number of benzene rings is 2. The lowest BCUT2D eigenvalue weighted by molar-refractivity contribution is -0.119. The molecule has 2 aliphatic rings. The fraction of sp³-hybridized carbons (Fsp3) is 0.310. The SMILES string of the molecule is CN1CCC(C(=O)Nc2ccc(-c3ccc4nc(NCc5ccc(S(N)(=O)=O)cc5)nc(OC5CC5)c4n3)cc2)C1. The van der Waals surface area contributed by atoms with Gasteiger partial charge in [-0.1, -0.05) is 24.3 Å². The number of carbonyl (C=O) groups excluding carboxylic acids is 1. The van der Waals surface area contributed by atoms with E-state index in [1.165, 1.54) is 12.1 Å². The monoisotopic (exact) mass is 573 g/mol. The molecule has 4 N–H and O–H groups in total. The Kier molecular flexibility index (Phi) is 7.28. The van der Waals surface area contributed by atoms with Crippen molar-refractivity contribution >= 4 is 38.6 Å². The molecule has 6 rings (SSSR count). The Balaban J connectivity index is 1.20. The topological polar surface area (TPSA) is 152 Å². The Morgan fingerprint density at radius 2 is 1.76 bits per heavy atom. The van der Waals surface area contributed by atoms with Crippen LogP contribution in [0.4, 0.5) is 11.6 Å². The van der Waals surface area contributed by atoms with Crippen LogP contribution < -0.4 is 20.5 Å². The minimum absolute atomic E-state index is 0.0154. The van der Waals surface area contributed by atoms with Gasteiger partial charge in [-0.15, -0.1) is 0 Å². The van der Waals surface area contributed by atoms with Crippen molar-refractivity contribution in [3.05, 3.63) is 66.2 Å². The van der Waals surface area contributed by atoms with E-state index in [9.17, 15) is 13.2 Å². The number of nitrogens with one attached hydrogen (secondary N) is 2. The number of ether oxygens (including phenoxy) is 1. The second-order valence-corrected chi connectivity index (χ2v) is 12.2. The lowest BCUT2D eigenvalue weighted by atomic mass is 10.1. The number of hydrogen-bond acceptors (Lipinski definition) is 9. The average molecular weight is 574 g/mol. The van der Waals surface area contributed by atoms with Crippen LogP contribution >= 0.6 is 0 Å². The van der Waals surface area contributed by atoms with Crippen molar-refractivity contribution in [2.45, 2.75) is 36.8 Å². The van der Waals surface area contributed by atoms with Crippen LogP contribution in [0.3, 0.4) is 0 Å². The third-order valence-electron chi connectivity index (χ3n) is 7.23. The van der Waals surface area contributed by atoms with Crippen molar-refractivity contribution in [3.8, 4) is 17.1 Å². The number of rotatable bonds is 9. The summed E-state index contributed by atoms with van der Waals surface area (Å²) in [7, 11) is -1.71. The number of likely N-dealkylation sites (tertiary alicyclic amines) is 1. The van der Waals surface area contributed by atoms with Gasteiger partial charge in [0.05, 0.1) is 22.0 Å². The van der Waals surface area contributed by atoms with Crippen LogP contribution in [-0.4, -0.2) is 60.4 Å². The molecule has 1 atom stereocenters. The second kappa shape index (κ2) is 11.0. The highest BCUT2D eigenvalue weighted by Crippen LogP contribution is 2.32. The average Bonchev–Trinajstić information content (AvgIpc) is 3.67. The fourth-order valence-corrected chi connectivity index (χ4v) is 5.26. The van der Waals surface area contributed by atoms with Gasteiger partial charge in [0.1, 0.15) is 6.10 Å². The zero-order chi connectivity index (χ0) is 28.6. The van der Waals surface area contributed by atoms with Gasteiger partial charge in [-0.05, 0) is 74.8 Å². The highest BCUT2D eigenvalue weighted by molar-refractivity contribution is 7.89. The Hall–Kier alpha value is -4.13. The van der Waals surface area contributed by atoms with E-state index in [4.69, 9.17) is 14.9 Å². The maximum Gasteiger partial charge on any atom is 0.245 e. The number of pyridine rings is 1. The molecule has 2 aromatic carbocycles. The summed E-state index contributed by atoms with van der Waals surface area (Å²) in [6.45, 7) is 2.10. The highest BCUT2D eigenvalue weighted by atomic mass is 32.2. The molecule has 1 unspecified atom stereocenters. The molecule has 1 aliphatic heterocycles. The summed E-state index contributed by atoms with van der Waals surface area (Å²) in [5.74, 6) is 0.861. The predicted molar refractivity (Wildman–Crippen MR) is 156 cm³/mol. The molecule has 3 heterocycles. The fourth-order valence-electron chi connectivity index (χ4n) is 4.75. The number of nitrogens with two attached hydrogens (primary N) is 1. The van der Waals surface area contributed by atoms with Crippen molar-refractivity contribution < 1.29 is 17.9 Å². The molecule has 0 bridgehead atoms. The van der Waals surface area contributed by atoms with Crippen molar-refractivity contribution in [3.63, 3.8) is 0 Å². The molecule has 2 aromatic heterocycles. The van der Waals surface area contributed by atoms with E-state index in [0.29, 0.717) is 29.4 Å². The molecule has 0 spiro atoms. The first-order valence-corrected chi connectivity index (χ1v) is 15.1. The number of aromatic nitrogens is 3. The Morgan fingerprint density at radius 3 is 2.41 bits per heavy atom. The summed E-state index contributed by atoms with van der Waals surface area (Å²) in [4.78, 5) is 28.9. The van der Waals surface area contributed by atoms with Crippen LogP contribution in [0.2, 0.25) is 0 Å². The predicted octanol–water partition coefficient (Wildman–Crippen LogP) is 3.38. The molecule has 2 fully saturated rings. The number of sulfonamides is 1. The summed E-state index contributed by atoms with van der Waals surface area (Å²) in [5, 5.41) is 11.4. The molecule has 212 valence electrons. The van der Waals surface area contributed by atoms with Crippen LogP contribution in [0, 0.1) is 5.92 Å². The number of nitrogens with zero attached hydrogens (tertiary/aromatic N) is 4. The zero-order valence-corrected chi connectivity index (χ0v) is 23.4. The number of amides is 1. The normalized spacial score (nSPS) is 17.5. The van der Waals surface area contributed by atoms with Gasteiger partial charge >= 0.3 is 0 Å². The van der Waals surface area contributed by atoms with E-state index in [2.05, 4.69) is 25.5 Å². The highest BCUT2D eigenvalue weighted by Gasteiger charge is 2.27. The number of anilines is 2. The van der Waals surface area contributed by atoms with E-state index >= 15 is 0 Å². The standard InChI is InChI=1S/C29H31N7O4S/c1-36-15-14-20(17-36)27(37)32-21-6-4-19(5-7-21)24-12-13-25-26(33-24)28(40-22-8-9-22)35-29(34-25)31-16-18-2-10-23(11-3-18)41(30,38)39/h2-7,10-13,20,22H,8-9,14-17H2,1H3,(H,32,37)(H2,30,38,39)(H,31,34,35). The first-order chi connectivity index (χ1) is 19.7. The van der Waals surface area contributed by atoms with E-state index in [-0.39, 0.29) is 22.8 Å². The first kappa shape index (κ1) is 27.1. The number of hydrogen-bond donors (Lipinski definition) is 3. The van der Waals surface area contributed by atoms with E-state index < -0.39 is 10.0 Å². The minimum atomic E-state index is -3.74. The van der Waals surface area contributed by atoms with Crippen molar-refractivity contribution in [2.24, 2.45) is 11.1 Å². The van der Waals surface area contributed by atoms with E-state index in [0.717, 1.165) is 54.9 Å². The van der Waals surface area contributed by atoms with Crippen molar-refractivity contribution in [2.75, 3.05) is 30.8 Å². The van der Waals surface area contributed by atoms with Gasteiger partial charge in [0, 0.05) is 24.3 Å². The summed E-state index contributed by atoms with van der Waals surface area (Å²) in [6, 6.07) is 17.7.